The monoisotopic (exact) mass is 489 g/mol. The van der Waals surface area contributed by atoms with Crippen molar-refractivity contribution in [1.82, 2.24) is 19.5 Å². The Bertz CT molecular complexity index is 1640. The predicted octanol–water partition coefficient (Wildman–Crippen LogP) is 4.87. The van der Waals surface area contributed by atoms with Gasteiger partial charge in [0.25, 0.3) is 0 Å². The Morgan fingerprint density at radius 1 is 0.973 bits per heavy atom. The van der Waals surface area contributed by atoms with Crippen LogP contribution in [-0.4, -0.2) is 32.7 Å². The lowest BCUT2D eigenvalue weighted by atomic mass is 9.73. The van der Waals surface area contributed by atoms with E-state index < -0.39 is 0 Å². The molecule has 0 radical (unpaired) electrons. The van der Waals surface area contributed by atoms with Crippen LogP contribution in [0.3, 0.4) is 0 Å². The van der Waals surface area contributed by atoms with Crippen LogP contribution >= 0.6 is 0 Å². The molecule has 7 rings (SSSR count). The lowest BCUT2D eigenvalue weighted by Crippen LogP contribution is -2.43. The molecule has 0 atom stereocenters. The number of nitrogens with two attached hydrogens (primary N) is 2. The maximum Gasteiger partial charge on any atom is 0.165 e. The number of imidazole rings is 1. The van der Waals surface area contributed by atoms with Gasteiger partial charge in [-0.25, -0.2) is 15.0 Å². The first kappa shape index (κ1) is 21.8. The second kappa shape index (κ2) is 8.31. The number of pyridine rings is 2. The molecule has 0 spiro atoms. The number of nitrogen functional groups attached to an aromatic ring is 1. The third-order valence-electron chi connectivity index (χ3n) is 7.48. The first-order valence-corrected chi connectivity index (χ1v) is 12.6. The smallest absolute Gasteiger partial charge is 0.165 e. The molecule has 2 aliphatic rings. The van der Waals surface area contributed by atoms with Crippen molar-refractivity contribution in [3.63, 3.8) is 0 Å². The summed E-state index contributed by atoms with van der Waals surface area (Å²) in [5.41, 5.74) is 19.9. The van der Waals surface area contributed by atoms with Crippen LogP contribution < -0.4 is 21.5 Å². The Hall–Kier alpha value is -4.43. The van der Waals surface area contributed by atoms with Gasteiger partial charge in [-0.05, 0) is 79.4 Å². The van der Waals surface area contributed by atoms with Crippen molar-refractivity contribution in [2.24, 2.45) is 5.73 Å². The maximum absolute atomic E-state index is 6.59. The van der Waals surface area contributed by atoms with E-state index in [9.17, 15) is 0 Å². The molecule has 37 heavy (non-hydrogen) atoms. The molecule has 2 aromatic carbocycles. The van der Waals surface area contributed by atoms with E-state index in [1.807, 2.05) is 36.4 Å². The van der Waals surface area contributed by atoms with Gasteiger partial charge < -0.3 is 21.5 Å². The van der Waals surface area contributed by atoms with E-state index in [2.05, 4.69) is 45.2 Å². The zero-order chi connectivity index (χ0) is 25.0. The number of fused-ring (bicyclic) bond motifs is 2. The number of hydrogen-bond acceptors (Lipinski definition) is 7. The van der Waals surface area contributed by atoms with Gasteiger partial charge in [-0.1, -0.05) is 12.1 Å². The van der Waals surface area contributed by atoms with Crippen LogP contribution in [0.4, 0.5) is 11.5 Å². The van der Waals surface area contributed by atoms with E-state index in [1.165, 1.54) is 6.42 Å². The Morgan fingerprint density at radius 3 is 2.62 bits per heavy atom. The first-order valence-electron chi connectivity index (χ1n) is 12.6. The number of ether oxygens (including phenoxy) is 1. The predicted molar refractivity (Wildman–Crippen MR) is 146 cm³/mol. The lowest BCUT2D eigenvalue weighted by molar-refractivity contribution is 0.253. The van der Waals surface area contributed by atoms with Gasteiger partial charge in [0, 0.05) is 29.5 Å². The minimum Gasteiger partial charge on any atom is -0.490 e. The van der Waals surface area contributed by atoms with Crippen molar-refractivity contribution in [3.8, 4) is 34.1 Å². The number of nitrogens with zero attached hydrogens (tertiary/aromatic N) is 4. The minimum absolute atomic E-state index is 0.220. The standard InChI is InChI=1S/C29H27N7O/c30-26-21(3-1-14-33-26)27-35-23-10-9-22(18-4-11-25-24(17-18)32-15-16-37-25)34-28(23)36(27)20-7-5-19(6-8-20)29(31)12-2-13-29/h1,3-11,14,17,32H,2,12-13,15-16,31H2,(H2,30,33). The fourth-order valence-corrected chi connectivity index (χ4v) is 5.24. The molecule has 8 heteroatoms. The third kappa shape index (κ3) is 3.60. The summed E-state index contributed by atoms with van der Waals surface area (Å²) < 4.78 is 7.80. The second-order valence-corrected chi connectivity index (χ2v) is 9.79. The van der Waals surface area contributed by atoms with Crippen molar-refractivity contribution in [1.29, 1.82) is 0 Å². The molecule has 5 N–H and O–H groups in total. The average molecular weight is 490 g/mol. The van der Waals surface area contributed by atoms with Gasteiger partial charge >= 0.3 is 0 Å². The van der Waals surface area contributed by atoms with Crippen LogP contribution in [0.1, 0.15) is 24.8 Å². The van der Waals surface area contributed by atoms with Gasteiger partial charge in [0.05, 0.1) is 16.9 Å². The van der Waals surface area contributed by atoms with Crippen LogP contribution in [0.15, 0.2) is 72.9 Å². The molecule has 0 saturated heterocycles. The minimum atomic E-state index is -0.220. The molecule has 0 amide bonds. The van der Waals surface area contributed by atoms with Gasteiger partial charge in [0.1, 0.15) is 23.7 Å². The van der Waals surface area contributed by atoms with Crippen molar-refractivity contribution in [2.45, 2.75) is 24.8 Å². The summed E-state index contributed by atoms with van der Waals surface area (Å²) in [7, 11) is 0. The van der Waals surface area contributed by atoms with E-state index in [0.29, 0.717) is 18.2 Å². The van der Waals surface area contributed by atoms with Crippen LogP contribution in [-0.2, 0) is 5.54 Å². The highest BCUT2D eigenvalue weighted by Gasteiger charge is 2.34. The van der Waals surface area contributed by atoms with Crippen LogP contribution in [0, 0.1) is 0 Å². The second-order valence-electron chi connectivity index (χ2n) is 9.79. The molecular weight excluding hydrogens is 462 g/mol. The molecule has 8 nitrogen and oxygen atoms in total. The SMILES string of the molecule is Nc1ncccc1-c1nc2ccc(-c3ccc4c(c3)NCCO4)nc2n1-c1ccc(C2(N)CCC2)cc1. The Balaban J connectivity index is 1.40. The molecule has 1 aliphatic heterocycles. The van der Waals surface area contributed by atoms with Gasteiger partial charge in [-0.3, -0.25) is 4.57 Å². The molecule has 184 valence electrons. The van der Waals surface area contributed by atoms with Gasteiger partial charge in [-0.2, -0.15) is 0 Å². The molecule has 4 heterocycles. The van der Waals surface area contributed by atoms with E-state index in [4.69, 9.17) is 26.2 Å². The van der Waals surface area contributed by atoms with Gasteiger partial charge in [0.2, 0.25) is 0 Å². The zero-order valence-electron chi connectivity index (χ0n) is 20.3. The Morgan fingerprint density at radius 2 is 1.84 bits per heavy atom. The number of anilines is 2. The summed E-state index contributed by atoms with van der Waals surface area (Å²) in [6.45, 7) is 1.45. The largest absolute Gasteiger partial charge is 0.490 e. The molecule has 5 aromatic rings. The third-order valence-corrected chi connectivity index (χ3v) is 7.48. The van der Waals surface area contributed by atoms with Crippen molar-refractivity contribution >= 4 is 22.7 Å². The Kier molecular flexibility index (Phi) is 4.90. The summed E-state index contributed by atoms with van der Waals surface area (Å²) in [5.74, 6) is 1.98. The normalized spacial score (nSPS) is 15.9. The Labute approximate surface area is 214 Å². The first-order chi connectivity index (χ1) is 18.1. The van der Waals surface area contributed by atoms with Crippen LogP contribution in [0.2, 0.25) is 0 Å². The molecule has 1 aliphatic carbocycles. The van der Waals surface area contributed by atoms with Gasteiger partial charge in [-0.15, -0.1) is 0 Å². The number of benzene rings is 2. The van der Waals surface area contributed by atoms with Crippen molar-refractivity contribution < 1.29 is 4.74 Å². The molecular formula is C29H27N7O. The van der Waals surface area contributed by atoms with Crippen molar-refractivity contribution in [3.05, 3.63) is 78.5 Å². The molecule has 0 bridgehead atoms. The van der Waals surface area contributed by atoms with E-state index in [-0.39, 0.29) is 5.54 Å². The quantitative estimate of drug-likeness (QED) is 0.330. The fraction of sp³-hybridized carbons (Fsp3) is 0.207. The summed E-state index contributed by atoms with van der Waals surface area (Å²) in [4.78, 5) is 14.3. The van der Waals surface area contributed by atoms with Crippen LogP contribution in [0.5, 0.6) is 5.75 Å². The number of nitrogens with one attached hydrogen (secondary N) is 1. The highest BCUT2D eigenvalue weighted by Crippen LogP contribution is 2.39. The van der Waals surface area contributed by atoms with Gasteiger partial charge in [0.15, 0.2) is 11.5 Å². The van der Waals surface area contributed by atoms with Crippen LogP contribution in [0.25, 0.3) is 39.5 Å². The number of rotatable bonds is 4. The zero-order valence-corrected chi connectivity index (χ0v) is 20.3. The highest BCUT2D eigenvalue weighted by molar-refractivity contribution is 5.85. The summed E-state index contributed by atoms with van der Waals surface area (Å²) >= 11 is 0. The molecule has 1 fully saturated rings. The number of hydrogen-bond donors (Lipinski definition) is 3. The summed E-state index contributed by atoms with van der Waals surface area (Å²) in [6.07, 6.45) is 4.89. The lowest BCUT2D eigenvalue weighted by Gasteiger charge is -2.38. The summed E-state index contributed by atoms with van der Waals surface area (Å²) in [5, 5.41) is 3.40. The number of aromatic nitrogens is 4. The van der Waals surface area contributed by atoms with E-state index in [1.54, 1.807) is 6.20 Å². The maximum atomic E-state index is 6.59. The van der Waals surface area contributed by atoms with E-state index >= 15 is 0 Å². The fourth-order valence-electron chi connectivity index (χ4n) is 5.24. The summed E-state index contributed by atoms with van der Waals surface area (Å²) in [6, 6.07) is 22.3. The topological polar surface area (TPSA) is 117 Å². The van der Waals surface area contributed by atoms with E-state index in [0.717, 1.165) is 70.1 Å². The molecule has 1 saturated carbocycles. The highest BCUT2D eigenvalue weighted by atomic mass is 16.5. The van der Waals surface area contributed by atoms with Crippen molar-refractivity contribution in [2.75, 3.05) is 24.2 Å². The molecule has 3 aromatic heterocycles. The average Bonchev–Trinajstić information content (AvgIpc) is 3.30. The molecule has 0 unspecified atom stereocenters.